The first-order valence-electron chi connectivity index (χ1n) is 5.68. The van der Waals surface area contributed by atoms with E-state index in [1.165, 1.54) is 11.3 Å². The summed E-state index contributed by atoms with van der Waals surface area (Å²) in [5.41, 5.74) is 1.09. The first-order chi connectivity index (χ1) is 8.11. The molecule has 5 heteroatoms. The number of thiophene rings is 1. The number of hydrogen-bond donors (Lipinski definition) is 2. The van der Waals surface area contributed by atoms with Crippen molar-refractivity contribution >= 4 is 17.2 Å². The highest BCUT2D eigenvalue weighted by molar-refractivity contribution is 7.12. The van der Waals surface area contributed by atoms with Gasteiger partial charge in [-0.05, 0) is 36.8 Å². The Hall–Kier alpha value is -0.910. The van der Waals surface area contributed by atoms with Gasteiger partial charge in [-0.25, -0.2) is 0 Å². The van der Waals surface area contributed by atoms with Crippen LogP contribution in [0.2, 0.25) is 0 Å². The molecule has 3 atom stereocenters. The van der Waals surface area contributed by atoms with E-state index in [0.29, 0.717) is 4.88 Å². The van der Waals surface area contributed by atoms with Crippen LogP contribution < -0.4 is 5.32 Å². The van der Waals surface area contributed by atoms with Gasteiger partial charge in [0.2, 0.25) is 0 Å². The highest BCUT2D eigenvalue weighted by Gasteiger charge is 2.35. The maximum atomic E-state index is 11.9. The quantitative estimate of drug-likeness (QED) is 0.856. The number of aryl methyl sites for hydroxylation is 1. The number of carbonyl (C=O) groups is 1. The summed E-state index contributed by atoms with van der Waals surface area (Å²) in [6.45, 7) is 1.96. The van der Waals surface area contributed by atoms with E-state index >= 15 is 0 Å². The maximum absolute atomic E-state index is 11.9. The molecule has 2 N–H and O–H groups in total. The van der Waals surface area contributed by atoms with E-state index < -0.39 is 6.10 Å². The fourth-order valence-corrected chi connectivity index (χ4v) is 2.95. The number of ether oxygens (including phenoxy) is 1. The van der Waals surface area contributed by atoms with E-state index in [0.717, 1.165) is 18.4 Å². The number of carbonyl (C=O) groups excluding carboxylic acids is 1. The Balaban J connectivity index is 1.96. The predicted molar refractivity (Wildman–Crippen MR) is 66.3 cm³/mol. The SMILES string of the molecule is CO[C@@H]1CC[C@@H](NC(=O)c2cc(C)cs2)[C@H]1O. The van der Waals surface area contributed by atoms with Crippen molar-refractivity contribution in [3.63, 3.8) is 0 Å². The van der Waals surface area contributed by atoms with Crippen molar-refractivity contribution in [2.24, 2.45) is 0 Å². The summed E-state index contributed by atoms with van der Waals surface area (Å²) in [4.78, 5) is 12.6. The summed E-state index contributed by atoms with van der Waals surface area (Å²) >= 11 is 1.42. The normalized spacial score (nSPS) is 28.3. The molecule has 1 saturated carbocycles. The first kappa shape index (κ1) is 12.5. The van der Waals surface area contributed by atoms with Gasteiger partial charge in [0.25, 0.3) is 5.91 Å². The first-order valence-corrected chi connectivity index (χ1v) is 6.56. The van der Waals surface area contributed by atoms with Crippen molar-refractivity contribution in [3.05, 3.63) is 21.9 Å². The van der Waals surface area contributed by atoms with Crippen LogP contribution in [0.3, 0.4) is 0 Å². The second kappa shape index (κ2) is 5.16. The van der Waals surface area contributed by atoms with Crippen LogP contribution in [0.5, 0.6) is 0 Å². The Morgan fingerprint density at radius 3 is 2.88 bits per heavy atom. The number of methoxy groups -OCH3 is 1. The van der Waals surface area contributed by atoms with E-state index in [-0.39, 0.29) is 18.1 Å². The molecule has 0 bridgehead atoms. The highest BCUT2D eigenvalue weighted by Crippen LogP contribution is 2.23. The minimum absolute atomic E-state index is 0.107. The van der Waals surface area contributed by atoms with E-state index in [4.69, 9.17) is 4.74 Å². The molecule has 0 radical (unpaired) electrons. The third-order valence-corrected chi connectivity index (χ3v) is 4.18. The molecule has 0 saturated heterocycles. The average molecular weight is 255 g/mol. The zero-order valence-electron chi connectivity index (χ0n) is 9.97. The van der Waals surface area contributed by atoms with Gasteiger partial charge >= 0.3 is 0 Å². The van der Waals surface area contributed by atoms with Crippen molar-refractivity contribution in [1.29, 1.82) is 0 Å². The van der Waals surface area contributed by atoms with E-state index in [9.17, 15) is 9.90 Å². The lowest BCUT2D eigenvalue weighted by Crippen LogP contribution is -2.43. The number of amides is 1. The van der Waals surface area contributed by atoms with Gasteiger partial charge in [-0.3, -0.25) is 4.79 Å². The molecule has 1 aromatic rings. The van der Waals surface area contributed by atoms with E-state index in [1.54, 1.807) is 7.11 Å². The number of nitrogens with one attached hydrogen (secondary N) is 1. The minimum atomic E-state index is -0.606. The molecule has 17 heavy (non-hydrogen) atoms. The van der Waals surface area contributed by atoms with E-state index in [2.05, 4.69) is 5.32 Å². The topological polar surface area (TPSA) is 58.6 Å². The summed E-state index contributed by atoms with van der Waals surface area (Å²) in [5, 5.41) is 14.7. The van der Waals surface area contributed by atoms with Crippen LogP contribution >= 0.6 is 11.3 Å². The van der Waals surface area contributed by atoms with Crippen LogP contribution in [0.15, 0.2) is 11.4 Å². The Morgan fingerprint density at radius 1 is 1.59 bits per heavy atom. The summed E-state index contributed by atoms with van der Waals surface area (Å²) in [7, 11) is 1.58. The molecule has 0 unspecified atom stereocenters. The predicted octanol–water partition coefficient (Wildman–Crippen LogP) is 1.32. The van der Waals surface area contributed by atoms with Gasteiger partial charge in [0.05, 0.1) is 17.0 Å². The van der Waals surface area contributed by atoms with E-state index in [1.807, 2.05) is 18.4 Å². The lowest BCUT2D eigenvalue weighted by molar-refractivity contribution is 0.000229. The van der Waals surface area contributed by atoms with Crippen molar-refractivity contribution in [2.75, 3.05) is 7.11 Å². The van der Waals surface area contributed by atoms with Crippen LogP contribution in [-0.4, -0.2) is 36.4 Å². The zero-order chi connectivity index (χ0) is 12.4. The number of aliphatic hydroxyl groups is 1. The molecule has 94 valence electrons. The molecule has 0 aromatic carbocycles. The zero-order valence-corrected chi connectivity index (χ0v) is 10.8. The number of rotatable bonds is 3. The van der Waals surface area contributed by atoms with Gasteiger partial charge in [-0.2, -0.15) is 0 Å². The smallest absolute Gasteiger partial charge is 0.261 e. The second-order valence-corrected chi connectivity index (χ2v) is 5.32. The summed E-state index contributed by atoms with van der Waals surface area (Å²) in [6, 6.07) is 1.66. The lowest BCUT2D eigenvalue weighted by atomic mass is 10.2. The van der Waals surface area contributed by atoms with Crippen LogP contribution in [0.4, 0.5) is 0 Å². The average Bonchev–Trinajstić information content (AvgIpc) is 2.87. The largest absolute Gasteiger partial charge is 0.388 e. The molecule has 0 spiro atoms. The van der Waals surface area contributed by atoms with Gasteiger partial charge in [-0.15, -0.1) is 11.3 Å². The van der Waals surface area contributed by atoms with Gasteiger partial charge in [0, 0.05) is 7.11 Å². The lowest BCUT2D eigenvalue weighted by Gasteiger charge is -2.19. The van der Waals surface area contributed by atoms with Crippen molar-refractivity contribution < 1.29 is 14.6 Å². The molecule has 1 aliphatic carbocycles. The summed E-state index contributed by atoms with van der Waals surface area (Å²) in [6.07, 6.45) is 0.775. The molecule has 1 aromatic heterocycles. The Kier molecular flexibility index (Phi) is 3.81. The standard InChI is InChI=1S/C12H17NO3S/c1-7-5-10(17-6-7)12(15)13-8-3-4-9(16-2)11(8)14/h5-6,8-9,11,14H,3-4H2,1-2H3,(H,13,15)/t8-,9-,11-/m1/s1. The van der Waals surface area contributed by atoms with Gasteiger partial charge in [0.15, 0.2) is 0 Å². The Morgan fingerprint density at radius 2 is 2.35 bits per heavy atom. The minimum Gasteiger partial charge on any atom is -0.388 e. The molecule has 4 nitrogen and oxygen atoms in total. The Labute approximate surface area is 105 Å². The monoisotopic (exact) mass is 255 g/mol. The third kappa shape index (κ3) is 2.68. The number of aliphatic hydroxyl groups excluding tert-OH is 1. The highest BCUT2D eigenvalue weighted by atomic mass is 32.1. The molecule has 1 fully saturated rings. The third-order valence-electron chi connectivity index (χ3n) is 3.13. The van der Waals surface area contributed by atoms with Gasteiger partial charge in [-0.1, -0.05) is 0 Å². The van der Waals surface area contributed by atoms with Gasteiger partial charge in [0.1, 0.15) is 6.10 Å². The fourth-order valence-electron chi connectivity index (χ4n) is 2.15. The second-order valence-electron chi connectivity index (χ2n) is 4.41. The van der Waals surface area contributed by atoms with Crippen molar-refractivity contribution in [1.82, 2.24) is 5.32 Å². The molecule has 1 aliphatic rings. The fraction of sp³-hybridized carbons (Fsp3) is 0.583. The van der Waals surface area contributed by atoms with Crippen LogP contribution in [0.1, 0.15) is 28.1 Å². The summed E-state index contributed by atoms with van der Waals surface area (Å²) < 4.78 is 5.15. The molecular weight excluding hydrogens is 238 g/mol. The number of hydrogen-bond acceptors (Lipinski definition) is 4. The molecule has 0 aliphatic heterocycles. The van der Waals surface area contributed by atoms with Crippen molar-refractivity contribution in [3.8, 4) is 0 Å². The van der Waals surface area contributed by atoms with Crippen LogP contribution in [-0.2, 0) is 4.74 Å². The molecule has 1 heterocycles. The maximum Gasteiger partial charge on any atom is 0.261 e. The van der Waals surface area contributed by atoms with Crippen LogP contribution in [0.25, 0.3) is 0 Å². The molecule has 1 amide bonds. The Bertz CT molecular complexity index is 404. The van der Waals surface area contributed by atoms with Crippen molar-refractivity contribution in [2.45, 2.75) is 38.0 Å². The van der Waals surface area contributed by atoms with Gasteiger partial charge < -0.3 is 15.2 Å². The summed E-state index contributed by atoms with van der Waals surface area (Å²) in [5.74, 6) is -0.107. The molecule has 2 rings (SSSR count). The molecular formula is C12H17NO3S. The van der Waals surface area contributed by atoms with Crippen LogP contribution in [0, 0.1) is 6.92 Å².